The summed E-state index contributed by atoms with van der Waals surface area (Å²) >= 11 is 7.30. The number of amides is 1. The number of nitrogens with one attached hydrogen (secondary N) is 1. The molecule has 6 nitrogen and oxygen atoms in total. The molecule has 0 aliphatic heterocycles. The Morgan fingerprint density at radius 3 is 2.95 bits per heavy atom. The Bertz CT molecular complexity index is 617. The maximum Gasteiger partial charge on any atom is 0.234 e. The second-order valence-corrected chi connectivity index (χ2v) is 5.26. The number of methoxy groups -OCH3 is 1. The fraction of sp³-hybridized carbons (Fsp3) is 0.250. The first-order valence-electron chi connectivity index (χ1n) is 5.70. The zero-order valence-corrected chi connectivity index (χ0v) is 12.5. The van der Waals surface area contributed by atoms with Crippen LogP contribution in [0.1, 0.15) is 0 Å². The van der Waals surface area contributed by atoms with Crippen molar-refractivity contribution in [1.29, 1.82) is 0 Å². The fourth-order valence-corrected chi connectivity index (χ4v) is 2.42. The molecule has 0 atom stereocenters. The van der Waals surface area contributed by atoms with E-state index in [0.29, 0.717) is 21.6 Å². The van der Waals surface area contributed by atoms with Crippen LogP contribution in [0.4, 0.5) is 5.69 Å². The van der Waals surface area contributed by atoms with Gasteiger partial charge in [-0.2, -0.15) is 0 Å². The van der Waals surface area contributed by atoms with Gasteiger partial charge in [-0.25, -0.2) is 0 Å². The molecule has 0 radical (unpaired) electrons. The summed E-state index contributed by atoms with van der Waals surface area (Å²) in [6, 6.07) is 5.08. The van der Waals surface area contributed by atoms with E-state index in [0.717, 1.165) is 0 Å². The number of aryl methyl sites for hydroxylation is 1. The van der Waals surface area contributed by atoms with Crippen LogP contribution in [0.5, 0.6) is 5.75 Å². The summed E-state index contributed by atoms with van der Waals surface area (Å²) in [7, 11) is 3.36. The Morgan fingerprint density at radius 2 is 2.35 bits per heavy atom. The lowest BCUT2D eigenvalue weighted by Crippen LogP contribution is -2.14. The van der Waals surface area contributed by atoms with Gasteiger partial charge in [0.1, 0.15) is 12.1 Å². The molecule has 20 heavy (non-hydrogen) atoms. The van der Waals surface area contributed by atoms with E-state index in [-0.39, 0.29) is 11.7 Å². The van der Waals surface area contributed by atoms with Crippen LogP contribution in [0.15, 0.2) is 29.7 Å². The molecule has 2 aromatic rings. The molecule has 8 heteroatoms. The van der Waals surface area contributed by atoms with E-state index in [1.165, 1.54) is 18.9 Å². The van der Waals surface area contributed by atoms with Gasteiger partial charge in [0.15, 0.2) is 5.16 Å². The van der Waals surface area contributed by atoms with Crippen LogP contribution >= 0.6 is 23.4 Å². The van der Waals surface area contributed by atoms with Crippen LogP contribution in [0.2, 0.25) is 5.02 Å². The van der Waals surface area contributed by atoms with E-state index in [1.807, 2.05) is 7.05 Å². The zero-order valence-electron chi connectivity index (χ0n) is 11.0. The van der Waals surface area contributed by atoms with Crippen molar-refractivity contribution in [2.24, 2.45) is 7.05 Å². The normalized spacial score (nSPS) is 10.3. The molecule has 2 rings (SSSR count). The molecular weight excluding hydrogens is 300 g/mol. The van der Waals surface area contributed by atoms with Crippen molar-refractivity contribution in [2.75, 3.05) is 18.2 Å². The number of benzene rings is 1. The second kappa shape index (κ2) is 6.62. The van der Waals surface area contributed by atoms with Crippen LogP contribution in [-0.2, 0) is 11.8 Å². The summed E-state index contributed by atoms with van der Waals surface area (Å²) in [5.41, 5.74) is 0.624. The minimum absolute atomic E-state index is 0.140. The van der Waals surface area contributed by atoms with Gasteiger partial charge < -0.3 is 14.6 Å². The van der Waals surface area contributed by atoms with Crippen LogP contribution in [-0.4, -0.2) is 33.5 Å². The number of rotatable bonds is 5. The van der Waals surface area contributed by atoms with Gasteiger partial charge in [0.2, 0.25) is 5.91 Å². The molecule has 1 N–H and O–H groups in total. The Kier molecular flexibility index (Phi) is 4.86. The van der Waals surface area contributed by atoms with E-state index in [4.69, 9.17) is 16.3 Å². The van der Waals surface area contributed by atoms with Gasteiger partial charge >= 0.3 is 0 Å². The molecule has 0 bridgehead atoms. The van der Waals surface area contributed by atoms with Gasteiger partial charge in [-0.3, -0.25) is 4.79 Å². The molecule has 0 unspecified atom stereocenters. The van der Waals surface area contributed by atoms with Crippen molar-refractivity contribution in [2.45, 2.75) is 5.16 Å². The Morgan fingerprint density at radius 1 is 1.55 bits per heavy atom. The number of thioether (sulfide) groups is 1. The maximum absolute atomic E-state index is 11.8. The third-order valence-corrected chi connectivity index (χ3v) is 3.77. The lowest BCUT2D eigenvalue weighted by molar-refractivity contribution is -0.113. The standard InChI is InChI=1S/C12H13ClN4O2S/c1-17-7-14-16-12(17)20-6-11(18)15-8-3-4-10(19-2)9(13)5-8/h3-5,7H,6H2,1-2H3,(H,15,18). The van der Waals surface area contributed by atoms with Crippen molar-refractivity contribution in [3.8, 4) is 5.75 Å². The first-order valence-corrected chi connectivity index (χ1v) is 7.06. The van der Waals surface area contributed by atoms with Crippen molar-refractivity contribution >= 4 is 35.0 Å². The Balaban J connectivity index is 1.91. The number of ether oxygens (including phenoxy) is 1. The number of hydrogen-bond donors (Lipinski definition) is 1. The SMILES string of the molecule is COc1ccc(NC(=O)CSc2nncn2C)cc1Cl. The number of carbonyl (C=O) groups excluding carboxylic acids is 1. The Labute approximate surface area is 125 Å². The highest BCUT2D eigenvalue weighted by Crippen LogP contribution is 2.27. The largest absolute Gasteiger partial charge is 0.495 e. The van der Waals surface area contributed by atoms with Gasteiger partial charge in [0, 0.05) is 12.7 Å². The first-order chi connectivity index (χ1) is 9.60. The molecule has 1 aromatic heterocycles. The second-order valence-electron chi connectivity index (χ2n) is 3.91. The molecule has 0 saturated heterocycles. The van der Waals surface area contributed by atoms with E-state index in [1.54, 1.807) is 29.1 Å². The topological polar surface area (TPSA) is 69.0 Å². The Hall–Kier alpha value is -1.73. The summed E-state index contributed by atoms with van der Waals surface area (Å²) in [6.07, 6.45) is 1.59. The summed E-state index contributed by atoms with van der Waals surface area (Å²) in [6.45, 7) is 0. The summed E-state index contributed by atoms with van der Waals surface area (Å²) in [4.78, 5) is 11.8. The molecule has 1 heterocycles. The van der Waals surface area contributed by atoms with Crippen LogP contribution in [0.25, 0.3) is 0 Å². The highest BCUT2D eigenvalue weighted by Gasteiger charge is 2.08. The molecule has 0 fully saturated rings. The third-order valence-electron chi connectivity index (χ3n) is 2.44. The molecule has 0 aliphatic carbocycles. The predicted octanol–water partition coefficient (Wildman–Crippen LogP) is 2.21. The van der Waals surface area contributed by atoms with Crippen molar-refractivity contribution < 1.29 is 9.53 Å². The molecule has 106 valence electrons. The van der Waals surface area contributed by atoms with Crippen LogP contribution < -0.4 is 10.1 Å². The molecule has 0 spiro atoms. The van der Waals surface area contributed by atoms with Crippen molar-refractivity contribution in [1.82, 2.24) is 14.8 Å². The molecule has 0 aliphatic rings. The number of halogens is 1. The maximum atomic E-state index is 11.8. The van der Waals surface area contributed by atoms with Crippen LogP contribution in [0, 0.1) is 0 Å². The van der Waals surface area contributed by atoms with Gasteiger partial charge in [-0.05, 0) is 18.2 Å². The number of aromatic nitrogens is 3. The van der Waals surface area contributed by atoms with E-state index in [2.05, 4.69) is 15.5 Å². The third kappa shape index (κ3) is 3.64. The van der Waals surface area contributed by atoms with E-state index < -0.39 is 0 Å². The monoisotopic (exact) mass is 312 g/mol. The van der Waals surface area contributed by atoms with Gasteiger partial charge in [-0.1, -0.05) is 23.4 Å². The average Bonchev–Trinajstić information content (AvgIpc) is 2.82. The highest BCUT2D eigenvalue weighted by atomic mass is 35.5. The lowest BCUT2D eigenvalue weighted by atomic mass is 10.3. The molecule has 1 aromatic carbocycles. The average molecular weight is 313 g/mol. The van der Waals surface area contributed by atoms with Gasteiger partial charge in [0.25, 0.3) is 0 Å². The minimum Gasteiger partial charge on any atom is -0.495 e. The van der Waals surface area contributed by atoms with Gasteiger partial charge in [0.05, 0.1) is 17.9 Å². The first kappa shape index (κ1) is 14.7. The molecule has 0 saturated carbocycles. The number of carbonyl (C=O) groups is 1. The quantitative estimate of drug-likeness (QED) is 0.857. The highest BCUT2D eigenvalue weighted by molar-refractivity contribution is 7.99. The summed E-state index contributed by atoms with van der Waals surface area (Å²) in [5, 5.41) is 11.5. The summed E-state index contributed by atoms with van der Waals surface area (Å²) < 4.78 is 6.80. The molecule has 1 amide bonds. The predicted molar refractivity (Wildman–Crippen MR) is 78.4 cm³/mol. The van der Waals surface area contributed by atoms with Crippen molar-refractivity contribution in [3.05, 3.63) is 29.5 Å². The van der Waals surface area contributed by atoms with Gasteiger partial charge in [-0.15, -0.1) is 10.2 Å². The van der Waals surface area contributed by atoms with Crippen molar-refractivity contribution in [3.63, 3.8) is 0 Å². The number of nitrogens with zero attached hydrogens (tertiary/aromatic N) is 3. The van der Waals surface area contributed by atoms with E-state index in [9.17, 15) is 4.79 Å². The zero-order chi connectivity index (χ0) is 14.5. The lowest BCUT2D eigenvalue weighted by Gasteiger charge is -2.07. The number of hydrogen-bond acceptors (Lipinski definition) is 5. The number of anilines is 1. The van der Waals surface area contributed by atoms with E-state index >= 15 is 0 Å². The summed E-state index contributed by atoms with van der Waals surface area (Å²) in [5.74, 6) is 0.674. The fourth-order valence-electron chi connectivity index (χ4n) is 1.47. The smallest absolute Gasteiger partial charge is 0.234 e. The molecular formula is C12H13ClN4O2S. The minimum atomic E-state index is -0.140. The van der Waals surface area contributed by atoms with Crippen LogP contribution in [0.3, 0.4) is 0 Å².